The molecule has 7 nitrogen and oxygen atoms in total. The minimum Gasteiger partial charge on any atom is -0.368 e. The van der Waals surface area contributed by atoms with Crippen LogP contribution in [0.3, 0.4) is 0 Å². The van der Waals surface area contributed by atoms with Gasteiger partial charge in [-0.3, -0.25) is 14.5 Å². The minimum absolute atomic E-state index is 0.0371. The quantitative estimate of drug-likeness (QED) is 0.843. The summed E-state index contributed by atoms with van der Waals surface area (Å²) in [5.74, 6) is 0.473. The van der Waals surface area contributed by atoms with Crippen molar-refractivity contribution in [3.63, 3.8) is 0 Å². The fourth-order valence-corrected chi connectivity index (χ4v) is 3.40. The van der Waals surface area contributed by atoms with E-state index in [2.05, 4.69) is 14.9 Å². The Morgan fingerprint density at radius 2 is 2.08 bits per heavy atom. The molecule has 0 bridgehead atoms. The second-order valence-electron chi connectivity index (χ2n) is 6.79. The van der Waals surface area contributed by atoms with Gasteiger partial charge in [-0.1, -0.05) is 12.1 Å². The predicted molar refractivity (Wildman–Crippen MR) is 95.8 cm³/mol. The number of primary amides is 1. The van der Waals surface area contributed by atoms with Gasteiger partial charge in [0.1, 0.15) is 11.9 Å². The van der Waals surface area contributed by atoms with Gasteiger partial charge in [0.2, 0.25) is 11.8 Å². The maximum absolute atomic E-state index is 12.5. The smallest absolute Gasteiger partial charge is 0.236 e. The van der Waals surface area contributed by atoms with Crippen molar-refractivity contribution in [3.8, 4) is 0 Å². The zero-order valence-electron chi connectivity index (χ0n) is 14.7. The van der Waals surface area contributed by atoms with Crippen molar-refractivity contribution < 1.29 is 9.59 Å². The van der Waals surface area contributed by atoms with Crippen LogP contribution in [0.5, 0.6) is 0 Å². The second kappa shape index (κ2) is 7.23. The summed E-state index contributed by atoms with van der Waals surface area (Å²) < 4.78 is 0. The molecule has 2 aromatic rings. The lowest BCUT2D eigenvalue weighted by atomic mass is 10.1. The number of nitrogens with zero attached hydrogens (tertiary/aromatic N) is 3. The van der Waals surface area contributed by atoms with Crippen LogP contribution in [0.4, 0.5) is 0 Å². The number of carbonyl (C=O) groups is 2. The Kier molecular flexibility index (Phi) is 5.03. The van der Waals surface area contributed by atoms with Crippen LogP contribution in [0, 0.1) is 0 Å². The van der Waals surface area contributed by atoms with Gasteiger partial charge in [-0.2, -0.15) is 0 Å². The molecule has 1 saturated heterocycles. The van der Waals surface area contributed by atoms with Crippen molar-refractivity contribution in [2.75, 3.05) is 19.6 Å². The summed E-state index contributed by atoms with van der Waals surface area (Å²) in [5, 5.41) is 0. The van der Waals surface area contributed by atoms with Crippen LogP contribution in [0.25, 0.3) is 11.0 Å². The summed E-state index contributed by atoms with van der Waals surface area (Å²) in [6.45, 7) is 5.74. The molecule has 1 aliphatic heterocycles. The Morgan fingerprint density at radius 1 is 1.32 bits per heavy atom. The van der Waals surface area contributed by atoms with E-state index >= 15 is 0 Å². The van der Waals surface area contributed by atoms with Crippen LogP contribution in [0.2, 0.25) is 0 Å². The van der Waals surface area contributed by atoms with Crippen LogP contribution in [0.15, 0.2) is 24.3 Å². The van der Waals surface area contributed by atoms with E-state index in [9.17, 15) is 9.59 Å². The predicted octanol–water partition coefficient (Wildman–Crippen LogP) is 0.902. The van der Waals surface area contributed by atoms with Gasteiger partial charge in [-0.05, 0) is 26.0 Å². The number of hydrogen-bond donors (Lipinski definition) is 2. The van der Waals surface area contributed by atoms with Crippen molar-refractivity contribution in [1.29, 1.82) is 0 Å². The maximum atomic E-state index is 12.5. The van der Waals surface area contributed by atoms with E-state index in [1.165, 1.54) is 0 Å². The van der Waals surface area contributed by atoms with Gasteiger partial charge in [-0.25, -0.2) is 4.98 Å². The van der Waals surface area contributed by atoms with Crippen molar-refractivity contribution in [1.82, 2.24) is 19.8 Å². The molecule has 0 spiro atoms. The van der Waals surface area contributed by atoms with E-state index in [0.717, 1.165) is 16.9 Å². The van der Waals surface area contributed by atoms with Crippen molar-refractivity contribution >= 4 is 22.8 Å². The molecule has 0 saturated carbocycles. The maximum Gasteiger partial charge on any atom is 0.236 e. The number of fused-ring (bicyclic) bond motifs is 1. The highest BCUT2D eigenvalue weighted by molar-refractivity contribution is 5.82. The van der Waals surface area contributed by atoms with Gasteiger partial charge in [0.25, 0.3) is 0 Å². The third kappa shape index (κ3) is 3.82. The first-order chi connectivity index (χ1) is 12.0. The molecule has 1 aromatic carbocycles. The number of nitrogens with two attached hydrogens (primary N) is 1. The SMILES string of the molecule is CC(C)N1CCN(C(=O)CCc2nc3ccccc3[nH]2)CC1C(N)=O. The lowest BCUT2D eigenvalue weighted by Gasteiger charge is -2.42. The number of aryl methyl sites for hydroxylation is 1. The Morgan fingerprint density at radius 3 is 2.76 bits per heavy atom. The van der Waals surface area contributed by atoms with Gasteiger partial charge in [0, 0.05) is 38.5 Å². The molecule has 2 amide bonds. The number of aromatic nitrogens is 2. The number of aromatic amines is 1. The van der Waals surface area contributed by atoms with Gasteiger partial charge < -0.3 is 15.6 Å². The number of H-pyrrole nitrogens is 1. The molecule has 0 aliphatic carbocycles. The second-order valence-corrected chi connectivity index (χ2v) is 6.79. The summed E-state index contributed by atoms with van der Waals surface area (Å²) in [7, 11) is 0. The minimum atomic E-state index is -0.413. The number of amides is 2. The molecule has 3 N–H and O–H groups in total. The molecule has 0 radical (unpaired) electrons. The molecule has 25 heavy (non-hydrogen) atoms. The number of imidazole rings is 1. The number of carbonyl (C=O) groups excluding carboxylic acids is 2. The van der Waals surface area contributed by atoms with E-state index in [-0.39, 0.29) is 17.9 Å². The third-order valence-electron chi connectivity index (χ3n) is 4.78. The number of benzene rings is 1. The van der Waals surface area contributed by atoms with Crippen molar-refractivity contribution in [3.05, 3.63) is 30.1 Å². The first-order valence-corrected chi connectivity index (χ1v) is 8.72. The molecule has 1 fully saturated rings. The molecule has 1 aliphatic rings. The zero-order chi connectivity index (χ0) is 18.0. The van der Waals surface area contributed by atoms with Crippen LogP contribution in [0.1, 0.15) is 26.1 Å². The average molecular weight is 343 g/mol. The van der Waals surface area contributed by atoms with Gasteiger partial charge >= 0.3 is 0 Å². The highest BCUT2D eigenvalue weighted by atomic mass is 16.2. The Bertz CT molecular complexity index is 737. The molecule has 134 valence electrons. The Balaban J connectivity index is 1.60. The largest absolute Gasteiger partial charge is 0.368 e. The van der Waals surface area contributed by atoms with E-state index in [1.807, 2.05) is 38.1 Å². The van der Waals surface area contributed by atoms with E-state index in [1.54, 1.807) is 4.90 Å². The number of rotatable bonds is 5. The molecular formula is C18H25N5O2. The van der Waals surface area contributed by atoms with E-state index in [0.29, 0.717) is 32.5 Å². The zero-order valence-corrected chi connectivity index (χ0v) is 14.7. The van der Waals surface area contributed by atoms with Crippen molar-refractivity contribution in [2.45, 2.75) is 38.8 Å². The molecular weight excluding hydrogens is 318 g/mol. The third-order valence-corrected chi connectivity index (χ3v) is 4.78. The summed E-state index contributed by atoms with van der Waals surface area (Å²) in [6, 6.07) is 7.62. The Labute approximate surface area is 147 Å². The lowest BCUT2D eigenvalue weighted by Crippen LogP contribution is -2.61. The van der Waals surface area contributed by atoms with Gasteiger partial charge in [0.05, 0.1) is 11.0 Å². The summed E-state index contributed by atoms with van der Waals surface area (Å²) in [6.07, 6.45) is 0.923. The Hall–Kier alpha value is -2.41. The molecule has 7 heteroatoms. The molecule has 1 unspecified atom stereocenters. The average Bonchev–Trinajstić information content (AvgIpc) is 3.01. The first-order valence-electron chi connectivity index (χ1n) is 8.72. The fourth-order valence-electron chi connectivity index (χ4n) is 3.40. The van der Waals surface area contributed by atoms with Gasteiger partial charge in [-0.15, -0.1) is 0 Å². The van der Waals surface area contributed by atoms with Crippen LogP contribution in [-0.2, 0) is 16.0 Å². The standard InChI is InChI=1S/C18H25N5O2/c1-12(2)23-10-9-22(11-15(23)18(19)25)17(24)8-7-16-20-13-5-3-4-6-14(13)21-16/h3-6,12,15H,7-11H2,1-2H3,(H2,19,25)(H,20,21). The monoisotopic (exact) mass is 343 g/mol. The lowest BCUT2D eigenvalue weighted by molar-refractivity contribution is -0.138. The number of hydrogen-bond acceptors (Lipinski definition) is 4. The molecule has 1 aromatic heterocycles. The van der Waals surface area contributed by atoms with Crippen LogP contribution >= 0.6 is 0 Å². The fraction of sp³-hybridized carbons (Fsp3) is 0.500. The van der Waals surface area contributed by atoms with E-state index < -0.39 is 6.04 Å². The first kappa shape index (κ1) is 17.4. The summed E-state index contributed by atoms with van der Waals surface area (Å²) in [4.78, 5) is 35.8. The molecule has 3 rings (SSSR count). The van der Waals surface area contributed by atoms with Crippen molar-refractivity contribution in [2.24, 2.45) is 5.73 Å². The highest BCUT2D eigenvalue weighted by Gasteiger charge is 2.34. The van der Waals surface area contributed by atoms with Crippen LogP contribution in [-0.4, -0.2) is 63.3 Å². The van der Waals surface area contributed by atoms with E-state index in [4.69, 9.17) is 5.73 Å². The molecule has 1 atom stereocenters. The highest BCUT2D eigenvalue weighted by Crippen LogP contribution is 2.16. The number of para-hydroxylation sites is 2. The summed E-state index contributed by atoms with van der Waals surface area (Å²) >= 11 is 0. The topological polar surface area (TPSA) is 95.3 Å². The number of piperazine rings is 1. The summed E-state index contributed by atoms with van der Waals surface area (Å²) in [5.41, 5.74) is 7.42. The van der Waals surface area contributed by atoms with Gasteiger partial charge in [0.15, 0.2) is 0 Å². The normalized spacial score (nSPS) is 18.8. The van der Waals surface area contributed by atoms with Crippen LogP contribution < -0.4 is 5.73 Å². The molecule has 2 heterocycles. The number of nitrogens with one attached hydrogen (secondary N) is 1.